The molecule has 1 saturated carbocycles. The van der Waals surface area contributed by atoms with E-state index in [0.717, 1.165) is 12.8 Å². The third-order valence-electron chi connectivity index (χ3n) is 1.61. The molecule has 0 saturated heterocycles. The number of hydrogen-bond donors (Lipinski definition) is 2. The van der Waals surface area contributed by atoms with Gasteiger partial charge in [-0.25, -0.2) is 0 Å². The van der Waals surface area contributed by atoms with Gasteiger partial charge in [-0.15, -0.1) is 12.4 Å². The lowest BCUT2D eigenvalue weighted by Gasteiger charge is -2.21. The van der Waals surface area contributed by atoms with Crippen LogP contribution in [0.2, 0.25) is 0 Å². The molecule has 0 atom stereocenters. The van der Waals surface area contributed by atoms with E-state index in [1.165, 1.54) is 0 Å². The Labute approximate surface area is 63.3 Å². The van der Waals surface area contributed by atoms with Gasteiger partial charge in [-0.3, -0.25) is 0 Å². The number of nitrogens with two attached hydrogens (primary N) is 1. The highest BCUT2D eigenvalue weighted by molar-refractivity contribution is 5.85. The lowest BCUT2D eigenvalue weighted by atomic mass is 9.94. The fourth-order valence-corrected chi connectivity index (χ4v) is 0.973. The van der Waals surface area contributed by atoms with E-state index in [0.29, 0.717) is 12.8 Å². The fourth-order valence-electron chi connectivity index (χ4n) is 0.973. The molecule has 2 nitrogen and oxygen atoms in total. The van der Waals surface area contributed by atoms with Gasteiger partial charge in [0.2, 0.25) is 0 Å². The molecular formula is C6H14ClNO. The van der Waals surface area contributed by atoms with Crippen molar-refractivity contribution < 1.29 is 6.48 Å². The van der Waals surface area contributed by atoms with Crippen LogP contribution in [0.25, 0.3) is 0 Å². The van der Waals surface area contributed by atoms with Crippen LogP contribution in [0.4, 0.5) is 0 Å². The predicted molar refractivity (Wildman–Crippen MR) is 39.7 cm³/mol. The van der Waals surface area contributed by atoms with Gasteiger partial charge < -0.3 is 10.8 Å². The molecule has 0 aromatic heterocycles. The first kappa shape index (κ1) is 7.32. The molecule has 0 heterocycles. The minimum absolute atomic E-state index is 0. The van der Waals surface area contributed by atoms with Gasteiger partial charge >= 0.3 is 0 Å². The second kappa shape index (κ2) is 4.09. The van der Waals surface area contributed by atoms with Gasteiger partial charge in [-0.05, 0) is 25.7 Å². The molecule has 56 valence electrons. The molecule has 0 radical (unpaired) electrons. The maximum absolute atomic E-state index is 9.10. The van der Waals surface area contributed by atoms with Crippen LogP contribution < -0.4 is 5.73 Å². The zero-order valence-electron chi connectivity index (χ0n) is 6.34. The van der Waals surface area contributed by atoms with Crippen LogP contribution in [0.1, 0.15) is 27.1 Å². The molecule has 0 aliphatic heterocycles. The van der Waals surface area contributed by atoms with Crippen molar-refractivity contribution in [2.45, 2.75) is 37.8 Å². The smallest absolute Gasteiger partial charge is 0.0600 e. The minimum atomic E-state index is -1.17. The first-order chi connectivity index (χ1) is 4.10. The van der Waals surface area contributed by atoms with Gasteiger partial charge in [0.15, 0.2) is 0 Å². The summed E-state index contributed by atoms with van der Waals surface area (Å²) in [7, 11) is 0. The van der Waals surface area contributed by atoms with Crippen LogP contribution in [0.15, 0.2) is 0 Å². The van der Waals surface area contributed by atoms with Crippen molar-refractivity contribution in [2.75, 3.05) is 0 Å². The maximum Gasteiger partial charge on any atom is 0.0600 e. The molecule has 0 aromatic rings. The Bertz CT molecular complexity index is 99.9. The number of rotatable bonds is 0. The summed E-state index contributed by atoms with van der Waals surface area (Å²) in [6, 6.07) is 0.218. The average molecular weight is 153 g/mol. The van der Waals surface area contributed by atoms with Gasteiger partial charge in [0.25, 0.3) is 0 Å². The molecule has 1 rings (SSSR count). The summed E-state index contributed by atoms with van der Waals surface area (Å²) in [4.78, 5) is 0. The lowest BCUT2D eigenvalue weighted by Crippen LogP contribution is -2.28. The molecule has 0 unspecified atom stereocenters. The molecule has 0 spiro atoms. The minimum Gasteiger partial charge on any atom is -0.393 e. The summed E-state index contributed by atoms with van der Waals surface area (Å²) >= 11 is 0. The topological polar surface area (TPSA) is 46.2 Å². The lowest BCUT2D eigenvalue weighted by molar-refractivity contribution is 0.123. The van der Waals surface area contributed by atoms with E-state index in [4.69, 9.17) is 12.2 Å². The maximum atomic E-state index is 9.10. The average Bonchev–Trinajstić information content (AvgIpc) is 1.78. The number of hydrogen-bond acceptors (Lipinski definition) is 2. The summed E-state index contributed by atoms with van der Waals surface area (Å²) in [5.74, 6) is 0. The highest BCUT2D eigenvalue weighted by Crippen LogP contribution is 2.15. The van der Waals surface area contributed by atoms with Crippen molar-refractivity contribution in [3.05, 3.63) is 0 Å². The van der Waals surface area contributed by atoms with Gasteiger partial charge in [0.05, 0.1) is 7.45 Å². The summed E-state index contributed by atoms with van der Waals surface area (Å²) in [5, 5.41) is 9.10. The predicted octanol–water partition coefficient (Wildman–Crippen LogP) is 0.670. The molecule has 1 aliphatic rings. The quantitative estimate of drug-likeness (QED) is 0.536. The summed E-state index contributed by atoms with van der Waals surface area (Å²) < 4.78 is 7.22. The van der Waals surface area contributed by atoms with E-state index in [1.54, 1.807) is 0 Å². The van der Waals surface area contributed by atoms with E-state index >= 15 is 0 Å². The molecule has 3 heteroatoms. The van der Waals surface area contributed by atoms with E-state index in [9.17, 15) is 0 Å². The summed E-state index contributed by atoms with van der Waals surface area (Å²) in [6.45, 7) is 0. The summed E-state index contributed by atoms with van der Waals surface area (Å²) in [5.41, 5.74) is 5.56. The standard InChI is InChI=1S/C6H13NO.ClH/c7-5-1-3-6(8)4-2-5;/h5-6,8H,1-4,7H2;1H/i6D;. The first-order valence-electron chi connectivity index (χ1n) is 3.58. The Morgan fingerprint density at radius 2 is 1.78 bits per heavy atom. The van der Waals surface area contributed by atoms with Crippen LogP contribution in [-0.4, -0.2) is 17.2 Å². The molecule has 1 fully saturated rings. The first-order valence-corrected chi connectivity index (χ1v) is 3.08. The van der Waals surface area contributed by atoms with Crippen molar-refractivity contribution >= 4 is 12.4 Å². The molecular weight excluding hydrogens is 138 g/mol. The van der Waals surface area contributed by atoms with Crippen LogP contribution in [0.5, 0.6) is 0 Å². The third-order valence-corrected chi connectivity index (χ3v) is 1.61. The van der Waals surface area contributed by atoms with Crippen LogP contribution in [-0.2, 0) is 0 Å². The van der Waals surface area contributed by atoms with Crippen molar-refractivity contribution in [3.63, 3.8) is 0 Å². The van der Waals surface area contributed by atoms with E-state index in [-0.39, 0.29) is 18.4 Å². The molecule has 0 aromatic carbocycles. The SMILES string of the molecule is Cl.[2H]C1(O)CCC(N)CC1. The molecule has 9 heavy (non-hydrogen) atoms. The fraction of sp³-hybridized carbons (Fsp3) is 1.00. The highest BCUT2D eigenvalue weighted by Gasteiger charge is 2.14. The van der Waals surface area contributed by atoms with E-state index in [2.05, 4.69) is 0 Å². The Hall–Kier alpha value is 0.210. The number of aliphatic hydroxyl groups is 1. The van der Waals surface area contributed by atoms with E-state index in [1.807, 2.05) is 0 Å². The second-order valence-electron chi connectivity index (χ2n) is 2.40. The highest BCUT2D eigenvalue weighted by atomic mass is 35.5. The van der Waals surface area contributed by atoms with Crippen LogP contribution in [0, 0.1) is 0 Å². The Balaban J connectivity index is 0.000000810. The zero-order chi connectivity index (χ0) is 6.91. The summed E-state index contributed by atoms with van der Waals surface area (Å²) in [6.07, 6.45) is 1.48. The van der Waals surface area contributed by atoms with Gasteiger partial charge in [-0.2, -0.15) is 0 Å². The van der Waals surface area contributed by atoms with E-state index < -0.39 is 6.08 Å². The van der Waals surface area contributed by atoms with Crippen molar-refractivity contribution in [1.82, 2.24) is 0 Å². The normalized spacial score (nSPS) is 45.1. The van der Waals surface area contributed by atoms with Gasteiger partial charge in [0, 0.05) is 6.04 Å². The van der Waals surface area contributed by atoms with Crippen molar-refractivity contribution in [2.24, 2.45) is 5.73 Å². The zero-order valence-corrected chi connectivity index (χ0v) is 6.16. The molecule has 1 aliphatic carbocycles. The Morgan fingerprint density at radius 1 is 1.33 bits per heavy atom. The monoisotopic (exact) mass is 152 g/mol. The molecule has 3 N–H and O–H groups in total. The van der Waals surface area contributed by atoms with Crippen LogP contribution in [0.3, 0.4) is 0 Å². The third kappa shape index (κ3) is 3.04. The van der Waals surface area contributed by atoms with Gasteiger partial charge in [0.1, 0.15) is 0 Å². The van der Waals surface area contributed by atoms with Crippen molar-refractivity contribution in [3.8, 4) is 0 Å². The van der Waals surface area contributed by atoms with Gasteiger partial charge in [-0.1, -0.05) is 0 Å². The molecule has 0 bridgehead atoms. The van der Waals surface area contributed by atoms with Crippen LogP contribution >= 0.6 is 12.4 Å². The van der Waals surface area contributed by atoms with Crippen molar-refractivity contribution in [1.29, 1.82) is 0 Å². The number of halogens is 1. The Kier molecular flexibility index (Phi) is 3.33. The molecule has 0 amide bonds. The second-order valence-corrected chi connectivity index (χ2v) is 2.40. The largest absolute Gasteiger partial charge is 0.393 e. The Morgan fingerprint density at radius 3 is 2.11 bits per heavy atom.